The summed E-state index contributed by atoms with van der Waals surface area (Å²) in [6.45, 7) is 4.51. The summed E-state index contributed by atoms with van der Waals surface area (Å²) in [5, 5.41) is 2.79. The summed E-state index contributed by atoms with van der Waals surface area (Å²) in [6, 6.07) is 5.39. The number of hydrogen-bond donors (Lipinski definition) is 1. The van der Waals surface area contributed by atoms with Crippen LogP contribution in [0, 0.1) is 5.92 Å². The van der Waals surface area contributed by atoms with Gasteiger partial charge in [-0.1, -0.05) is 6.58 Å². The van der Waals surface area contributed by atoms with Gasteiger partial charge in [-0.15, -0.1) is 0 Å². The van der Waals surface area contributed by atoms with Crippen LogP contribution in [0.4, 0.5) is 0 Å². The number of carbonyl (C=O) groups excluding carboxylic acids is 1. The Labute approximate surface area is 167 Å². The Balaban J connectivity index is 1.75. The van der Waals surface area contributed by atoms with Crippen LogP contribution in [0.15, 0.2) is 36.9 Å². The van der Waals surface area contributed by atoms with E-state index in [2.05, 4.69) is 26.8 Å². The maximum Gasteiger partial charge on any atom is 0.257 e. The third kappa shape index (κ3) is 3.46. The number of pyridine rings is 2. The number of fused-ring (bicyclic) bond motifs is 1. The summed E-state index contributed by atoms with van der Waals surface area (Å²) < 4.78 is 18.4. The van der Waals surface area contributed by atoms with Crippen LogP contribution < -0.4 is 19.5 Å². The number of aryl methyl sites for hydroxylation is 1. The monoisotopic (exact) mass is 395 g/mol. The fraction of sp³-hybridized carbons (Fsp3) is 0.300. The molecule has 0 saturated carbocycles. The Morgan fingerprint density at radius 1 is 1.21 bits per heavy atom. The molecule has 1 fully saturated rings. The molecule has 0 spiro atoms. The van der Waals surface area contributed by atoms with Crippen LogP contribution in [-0.2, 0) is 11.8 Å². The summed E-state index contributed by atoms with van der Waals surface area (Å²) in [6.07, 6.45) is 2.04. The molecule has 0 aromatic carbocycles. The van der Waals surface area contributed by atoms with Crippen LogP contribution in [0.2, 0.25) is 0 Å². The smallest absolute Gasteiger partial charge is 0.257 e. The molecule has 4 heterocycles. The second kappa shape index (κ2) is 7.42. The van der Waals surface area contributed by atoms with Gasteiger partial charge in [0, 0.05) is 25.9 Å². The van der Waals surface area contributed by atoms with Gasteiger partial charge >= 0.3 is 0 Å². The Morgan fingerprint density at radius 3 is 2.69 bits per heavy atom. The second-order valence-electron chi connectivity index (χ2n) is 6.72. The van der Waals surface area contributed by atoms with E-state index in [9.17, 15) is 4.79 Å². The van der Waals surface area contributed by atoms with Crippen molar-refractivity contribution >= 4 is 16.9 Å². The Bertz CT molecular complexity index is 1110. The molecule has 1 saturated heterocycles. The molecule has 9 nitrogen and oxygen atoms in total. The van der Waals surface area contributed by atoms with Gasteiger partial charge in [-0.3, -0.25) is 4.79 Å². The minimum atomic E-state index is -0.101. The zero-order chi connectivity index (χ0) is 20.5. The predicted octanol–water partition coefficient (Wildman–Crippen LogP) is 2.08. The zero-order valence-electron chi connectivity index (χ0n) is 16.4. The van der Waals surface area contributed by atoms with E-state index in [4.69, 9.17) is 14.2 Å². The number of aromatic nitrogens is 4. The Hall–Kier alpha value is -3.62. The second-order valence-corrected chi connectivity index (χ2v) is 6.72. The molecule has 1 N–H and O–H groups in total. The summed E-state index contributed by atoms with van der Waals surface area (Å²) >= 11 is 0. The molecule has 3 aromatic heterocycles. The highest BCUT2D eigenvalue weighted by Gasteiger charge is 2.26. The standard InChI is InChI=1S/C20H21N5O4/c1-11(12-7-17(26)21-9-12)29-20-18-15(22-10-25(18)2)8-14(24-20)13-5-6-16(27-3)19(23-13)28-4/h5-6,8,10,12H,1,7,9H2,2-4H3,(H,21,26)/t12-/m1/s1. The number of amides is 1. The van der Waals surface area contributed by atoms with Crippen LogP contribution in [0.3, 0.4) is 0 Å². The highest BCUT2D eigenvalue weighted by molar-refractivity contribution is 5.84. The van der Waals surface area contributed by atoms with Gasteiger partial charge in [0.25, 0.3) is 5.88 Å². The van der Waals surface area contributed by atoms with Crippen molar-refractivity contribution in [2.24, 2.45) is 13.0 Å². The van der Waals surface area contributed by atoms with Crippen molar-refractivity contribution in [1.82, 2.24) is 24.8 Å². The molecular weight excluding hydrogens is 374 g/mol. The minimum absolute atomic E-state index is 0.0123. The lowest BCUT2D eigenvalue weighted by Gasteiger charge is -2.15. The summed E-state index contributed by atoms with van der Waals surface area (Å²) in [5.74, 6) is 1.61. The molecule has 3 aromatic rings. The van der Waals surface area contributed by atoms with Crippen LogP contribution in [0.1, 0.15) is 6.42 Å². The quantitative estimate of drug-likeness (QED) is 0.638. The molecule has 1 amide bonds. The molecule has 9 heteroatoms. The molecule has 0 aliphatic carbocycles. The summed E-state index contributed by atoms with van der Waals surface area (Å²) in [4.78, 5) is 25.1. The first kappa shape index (κ1) is 18.7. The zero-order valence-corrected chi connectivity index (χ0v) is 16.4. The lowest BCUT2D eigenvalue weighted by atomic mass is 10.1. The predicted molar refractivity (Wildman–Crippen MR) is 106 cm³/mol. The van der Waals surface area contributed by atoms with Gasteiger partial charge in [0.15, 0.2) is 5.75 Å². The number of ether oxygens (including phenoxy) is 3. The van der Waals surface area contributed by atoms with Crippen LogP contribution >= 0.6 is 0 Å². The number of carbonyl (C=O) groups is 1. The molecule has 0 unspecified atom stereocenters. The fourth-order valence-electron chi connectivity index (χ4n) is 3.25. The number of hydrogen-bond acceptors (Lipinski definition) is 7. The first-order valence-corrected chi connectivity index (χ1v) is 9.05. The van der Waals surface area contributed by atoms with Crippen molar-refractivity contribution in [3.05, 3.63) is 36.9 Å². The van der Waals surface area contributed by atoms with E-state index in [-0.39, 0.29) is 11.8 Å². The molecule has 150 valence electrons. The molecule has 0 radical (unpaired) electrons. The normalized spacial score (nSPS) is 16.0. The molecule has 0 bridgehead atoms. The largest absolute Gasteiger partial charge is 0.491 e. The average molecular weight is 395 g/mol. The number of nitrogens with one attached hydrogen (secondary N) is 1. The van der Waals surface area contributed by atoms with Crippen molar-refractivity contribution < 1.29 is 19.0 Å². The molecule has 29 heavy (non-hydrogen) atoms. The average Bonchev–Trinajstić information content (AvgIpc) is 3.33. The number of rotatable bonds is 6. The third-order valence-corrected chi connectivity index (χ3v) is 4.82. The van der Waals surface area contributed by atoms with Gasteiger partial charge in [0.1, 0.15) is 11.3 Å². The van der Waals surface area contributed by atoms with Gasteiger partial charge in [0.2, 0.25) is 11.8 Å². The SMILES string of the molecule is C=C(Oc1nc(-c2ccc(OC)c(OC)n2)cc2ncn(C)c12)[C@H]1CNC(=O)C1. The van der Waals surface area contributed by atoms with E-state index >= 15 is 0 Å². The number of methoxy groups -OCH3 is 2. The molecule has 1 aliphatic rings. The van der Waals surface area contributed by atoms with Gasteiger partial charge in [-0.05, 0) is 18.2 Å². The van der Waals surface area contributed by atoms with E-state index in [1.807, 2.05) is 17.7 Å². The van der Waals surface area contributed by atoms with E-state index in [1.165, 1.54) is 7.11 Å². The van der Waals surface area contributed by atoms with Crippen molar-refractivity contribution in [2.45, 2.75) is 6.42 Å². The van der Waals surface area contributed by atoms with E-state index in [0.29, 0.717) is 53.1 Å². The van der Waals surface area contributed by atoms with Crippen molar-refractivity contribution in [2.75, 3.05) is 20.8 Å². The Kier molecular flexibility index (Phi) is 4.79. The Morgan fingerprint density at radius 2 is 2.00 bits per heavy atom. The summed E-state index contributed by atoms with van der Waals surface area (Å²) in [5.41, 5.74) is 2.59. The summed E-state index contributed by atoms with van der Waals surface area (Å²) in [7, 11) is 4.94. The minimum Gasteiger partial charge on any atom is -0.491 e. The number of imidazole rings is 1. The van der Waals surface area contributed by atoms with E-state index in [1.54, 1.807) is 25.6 Å². The van der Waals surface area contributed by atoms with Gasteiger partial charge in [-0.25, -0.2) is 15.0 Å². The van der Waals surface area contributed by atoms with Crippen LogP contribution in [0.25, 0.3) is 22.4 Å². The van der Waals surface area contributed by atoms with Crippen LogP contribution in [0.5, 0.6) is 17.5 Å². The fourth-order valence-corrected chi connectivity index (χ4v) is 3.25. The maximum absolute atomic E-state index is 11.5. The maximum atomic E-state index is 11.5. The molecule has 4 rings (SSSR count). The van der Waals surface area contributed by atoms with E-state index in [0.717, 1.165) is 5.52 Å². The van der Waals surface area contributed by atoms with Gasteiger partial charge in [-0.2, -0.15) is 0 Å². The van der Waals surface area contributed by atoms with Crippen LogP contribution in [-0.4, -0.2) is 46.2 Å². The van der Waals surface area contributed by atoms with Crippen molar-refractivity contribution in [3.8, 4) is 28.9 Å². The van der Waals surface area contributed by atoms with Crippen molar-refractivity contribution in [3.63, 3.8) is 0 Å². The van der Waals surface area contributed by atoms with Crippen molar-refractivity contribution in [1.29, 1.82) is 0 Å². The molecular formula is C20H21N5O4. The highest BCUT2D eigenvalue weighted by Crippen LogP contribution is 2.33. The van der Waals surface area contributed by atoms with E-state index < -0.39 is 0 Å². The van der Waals surface area contributed by atoms with Gasteiger partial charge in [0.05, 0.1) is 37.5 Å². The van der Waals surface area contributed by atoms with Gasteiger partial charge < -0.3 is 24.1 Å². The lowest BCUT2D eigenvalue weighted by Crippen LogP contribution is -2.15. The highest BCUT2D eigenvalue weighted by atomic mass is 16.5. The molecule has 1 atom stereocenters. The number of nitrogens with zero attached hydrogens (tertiary/aromatic N) is 4. The lowest BCUT2D eigenvalue weighted by molar-refractivity contribution is -0.119. The first-order valence-electron chi connectivity index (χ1n) is 9.05. The molecule has 1 aliphatic heterocycles. The topological polar surface area (TPSA) is 100 Å². The first-order chi connectivity index (χ1) is 14.0. The third-order valence-electron chi connectivity index (χ3n) is 4.82.